The molecule has 1 fully saturated rings. The van der Waals surface area contributed by atoms with Gasteiger partial charge in [0.05, 0.1) is 17.1 Å². The first-order valence-corrected chi connectivity index (χ1v) is 8.55. The molecule has 0 saturated heterocycles. The molecule has 1 aliphatic carbocycles. The van der Waals surface area contributed by atoms with E-state index in [1.807, 2.05) is 18.5 Å². The monoisotopic (exact) mass is 334 g/mol. The van der Waals surface area contributed by atoms with Crippen LogP contribution >= 0.6 is 0 Å². The molecular formula is C18H24F2N4. The molecule has 24 heavy (non-hydrogen) atoms. The van der Waals surface area contributed by atoms with Gasteiger partial charge in [-0.15, -0.1) is 0 Å². The van der Waals surface area contributed by atoms with Gasteiger partial charge in [0.15, 0.2) is 0 Å². The summed E-state index contributed by atoms with van der Waals surface area (Å²) < 4.78 is 29.1. The van der Waals surface area contributed by atoms with Crippen LogP contribution in [0, 0.1) is 19.7 Å². The first kappa shape index (κ1) is 17.0. The van der Waals surface area contributed by atoms with Gasteiger partial charge in [-0.2, -0.15) is 5.10 Å². The summed E-state index contributed by atoms with van der Waals surface area (Å²) in [7, 11) is 0. The van der Waals surface area contributed by atoms with E-state index in [4.69, 9.17) is 0 Å². The number of aromatic nitrogens is 3. The van der Waals surface area contributed by atoms with Crippen molar-refractivity contribution in [2.45, 2.75) is 65.3 Å². The Morgan fingerprint density at radius 3 is 2.75 bits per heavy atom. The third-order valence-electron chi connectivity index (χ3n) is 4.81. The molecule has 0 spiro atoms. The molecule has 2 aromatic rings. The zero-order valence-corrected chi connectivity index (χ0v) is 14.4. The number of hydrogen-bond acceptors (Lipinski definition) is 3. The van der Waals surface area contributed by atoms with Gasteiger partial charge in [-0.1, -0.05) is 0 Å². The van der Waals surface area contributed by atoms with E-state index in [1.165, 1.54) is 6.07 Å². The fourth-order valence-electron chi connectivity index (χ4n) is 3.35. The normalized spacial score (nSPS) is 20.7. The molecule has 0 aliphatic heterocycles. The van der Waals surface area contributed by atoms with E-state index in [2.05, 4.69) is 15.4 Å². The molecule has 2 aromatic heterocycles. The molecule has 1 N–H and O–H groups in total. The van der Waals surface area contributed by atoms with Gasteiger partial charge in [0.25, 0.3) is 0 Å². The molecule has 3 rings (SSSR count). The zero-order valence-electron chi connectivity index (χ0n) is 14.4. The Labute approximate surface area is 141 Å². The highest BCUT2D eigenvalue weighted by molar-refractivity contribution is 5.63. The molecule has 0 aromatic carbocycles. The molecule has 2 heterocycles. The highest BCUT2D eigenvalue weighted by Crippen LogP contribution is 2.27. The van der Waals surface area contributed by atoms with Gasteiger partial charge in [0.1, 0.15) is 12.0 Å². The highest BCUT2D eigenvalue weighted by atomic mass is 19.1. The summed E-state index contributed by atoms with van der Waals surface area (Å²) in [4.78, 5) is 4.12. The van der Waals surface area contributed by atoms with Gasteiger partial charge in [0.2, 0.25) is 0 Å². The van der Waals surface area contributed by atoms with Crippen LogP contribution in [0.2, 0.25) is 0 Å². The standard InChI is InChI=1S/C18H24F2N4/c1-4-24-18(13-7-16(20)12(3)21-9-13)11(2)17(23-24)10-22-15-6-5-14(19)8-15/h7,9,14-15,22H,4-6,8,10H2,1-3H3/t14-,15+/m1/s1. The van der Waals surface area contributed by atoms with Gasteiger partial charge in [0, 0.05) is 30.9 Å². The molecule has 6 heteroatoms. The molecule has 2 atom stereocenters. The SMILES string of the molecule is CCn1nc(CN[C@H]2CC[C@@H](F)C2)c(C)c1-c1cnc(C)c(F)c1. The predicted octanol–water partition coefficient (Wildman–Crippen LogP) is 3.70. The number of alkyl halides is 1. The Bertz CT molecular complexity index is 726. The number of hydrogen-bond donors (Lipinski definition) is 1. The van der Waals surface area contributed by atoms with Crippen LogP contribution in [0.15, 0.2) is 12.3 Å². The van der Waals surface area contributed by atoms with E-state index >= 15 is 0 Å². The second kappa shape index (κ2) is 6.97. The number of nitrogens with zero attached hydrogens (tertiary/aromatic N) is 3. The Hall–Kier alpha value is -1.82. The van der Waals surface area contributed by atoms with E-state index in [-0.39, 0.29) is 11.9 Å². The van der Waals surface area contributed by atoms with Crippen LogP contribution < -0.4 is 5.32 Å². The Kier molecular flexibility index (Phi) is 4.94. The van der Waals surface area contributed by atoms with Gasteiger partial charge >= 0.3 is 0 Å². The predicted molar refractivity (Wildman–Crippen MR) is 89.9 cm³/mol. The van der Waals surface area contributed by atoms with Crippen LogP contribution in [0.4, 0.5) is 8.78 Å². The topological polar surface area (TPSA) is 42.7 Å². The van der Waals surface area contributed by atoms with Crippen molar-refractivity contribution in [3.63, 3.8) is 0 Å². The van der Waals surface area contributed by atoms with Gasteiger partial charge in [-0.05, 0) is 51.7 Å². The summed E-state index contributed by atoms with van der Waals surface area (Å²) in [5.74, 6) is -0.310. The minimum Gasteiger partial charge on any atom is -0.308 e. The molecule has 1 saturated carbocycles. The quantitative estimate of drug-likeness (QED) is 0.906. The van der Waals surface area contributed by atoms with Crippen LogP contribution in [0.1, 0.15) is 43.1 Å². The third-order valence-corrected chi connectivity index (χ3v) is 4.81. The number of aryl methyl sites for hydroxylation is 2. The van der Waals surface area contributed by atoms with Gasteiger partial charge < -0.3 is 5.32 Å². The van der Waals surface area contributed by atoms with Crippen molar-refractivity contribution >= 4 is 0 Å². The molecule has 0 amide bonds. The van der Waals surface area contributed by atoms with Gasteiger partial charge in [-0.3, -0.25) is 9.67 Å². The van der Waals surface area contributed by atoms with Crippen LogP contribution in [-0.4, -0.2) is 27.0 Å². The number of halogens is 2. The van der Waals surface area contributed by atoms with Crippen molar-refractivity contribution in [3.05, 3.63) is 35.0 Å². The van der Waals surface area contributed by atoms with Crippen molar-refractivity contribution in [3.8, 4) is 11.3 Å². The number of rotatable bonds is 5. The summed E-state index contributed by atoms with van der Waals surface area (Å²) in [6.07, 6.45) is 3.09. The summed E-state index contributed by atoms with van der Waals surface area (Å²) in [6.45, 7) is 6.95. The lowest BCUT2D eigenvalue weighted by Gasteiger charge is -2.10. The fraction of sp³-hybridized carbons (Fsp3) is 0.556. The van der Waals surface area contributed by atoms with Crippen molar-refractivity contribution in [1.29, 1.82) is 0 Å². The van der Waals surface area contributed by atoms with Crippen molar-refractivity contribution in [2.75, 3.05) is 0 Å². The first-order chi connectivity index (χ1) is 11.5. The molecular weight excluding hydrogens is 310 g/mol. The lowest BCUT2D eigenvalue weighted by Crippen LogP contribution is -2.26. The lowest BCUT2D eigenvalue weighted by molar-refractivity contribution is 0.333. The maximum absolute atomic E-state index is 13.9. The van der Waals surface area contributed by atoms with Crippen molar-refractivity contribution in [2.24, 2.45) is 0 Å². The van der Waals surface area contributed by atoms with Crippen LogP contribution in [0.5, 0.6) is 0 Å². The zero-order chi connectivity index (χ0) is 17.3. The van der Waals surface area contributed by atoms with Gasteiger partial charge in [-0.25, -0.2) is 8.78 Å². The first-order valence-electron chi connectivity index (χ1n) is 8.55. The van der Waals surface area contributed by atoms with E-state index in [0.29, 0.717) is 31.6 Å². The Morgan fingerprint density at radius 2 is 2.12 bits per heavy atom. The van der Waals surface area contributed by atoms with E-state index in [0.717, 1.165) is 28.9 Å². The van der Waals surface area contributed by atoms with Crippen molar-refractivity contribution in [1.82, 2.24) is 20.1 Å². The third kappa shape index (κ3) is 3.34. The number of pyridine rings is 1. The second-order valence-corrected chi connectivity index (χ2v) is 6.52. The van der Waals surface area contributed by atoms with Crippen LogP contribution in [0.25, 0.3) is 11.3 Å². The summed E-state index contributed by atoms with van der Waals surface area (Å²) in [6, 6.07) is 1.73. The summed E-state index contributed by atoms with van der Waals surface area (Å²) >= 11 is 0. The van der Waals surface area contributed by atoms with Crippen molar-refractivity contribution < 1.29 is 8.78 Å². The fourth-order valence-corrected chi connectivity index (χ4v) is 3.35. The minimum absolute atomic E-state index is 0.216. The number of nitrogens with one attached hydrogen (secondary N) is 1. The lowest BCUT2D eigenvalue weighted by atomic mass is 10.1. The Balaban J connectivity index is 1.84. The molecule has 4 nitrogen and oxygen atoms in total. The maximum atomic E-state index is 13.9. The average molecular weight is 334 g/mol. The Morgan fingerprint density at radius 1 is 1.33 bits per heavy atom. The molecule has 130 valence electrons. The molecule has 0 radical (unpaired) electrons. The molecule has 0 bridgehead atoms. The minimum atomic E-state index is -0.686. The second-order valence-electron chi connectivity index (χ2n) is 6.52. The van der Waals surface area contributed by atoms with Crippen LogP contribution in [0.3, 0.4) is 0 Å². The summed E-state index contributed by atoms with van der Waals surface area (Å²) in [5, 5.41) is 8.05. The molecule has 0 unspecified atom stereocenters. The van der Waals surface area contributed by atoms with E-state index in [1.54, 1.807) is 13.1 Å². The smallest absolute Gasteiger partial charge is 0.145 e. The molecule has 1 aliphatic rings. The van der Waals surface area contributed by atoms with E-state index < -0.39 is 6.17 Å². The maximum Gasteiger partial charge on any atom is 0.145 e. The van der Waals surface area contributed by atoms with E-state index in [9.17, 15) is 8.78 Å². The average Bonchev–Trinajstić information content (AvgIpc) is 3.11. The summed E-state index contributed by atoms with van der Waals surface area (Å²) in [5.41, 5.74) is 3.97. The largest absolute Gasteiger partial charge is 0.308 e. The highest BCUT2D eigenvalue weighted by Gasteiger charge is 2.24. The van der Waals surface area contributed by atoms with Crippen LogP contribution in [-0.2, 0) is 13.1 Å².